The van der Waals surface area contributed by atoms with Crippen molar-refractivity contribution < 1.29 is 9.63 Å². The van der Waals surface area contributed by atoms with Gasteiger partial charge in [-0.3, -0.25) is 0 Å². The summed E-state index contributed by atoms with van der Waals surface area (Å²) in [6.45, 7) is 1.95. The lowest BCUT2D eigenvalue weighted by atomic mass is 10.2. The summed E-state index contributed by atoms with van der Waals surface area (Å²) in [5.74, 6) is 0.733. The molecule has 0 atom stereocenters. The molecule has 2 rings (SSSR count). The van der Waals surface area contributed by atoms with E-state index in [-0.39, 0.29) is 6.61 Å². The molecule has 0 spiro atoms. The van der Waals surface area contributed by atoms with E-state index in [4.69, 9.17) is 9.63 Å². The molecule has 0 aliphatic carbocycles. The van der Waals surface area contributed by atoms with E-state index in [0.717, 1.165) is 10.6 Å². The highest BCUT2D eigenvalue weighted by atomic mass is 32.1. The lowest BCUT2D eigenvalue weighted by Crippen LogP contribution is -1.78. The molecule has 0 saturated carbocycles. The van der Waals surface area contributed by atoms with Crippen molar-refractivity contribution in [2.75, 3.05) is 0 Å². The molecule has 0 bridgehead atoms. The van der Waals surface area contributed by atoms with E-state index in [0.29, 0.717) is 5.69 Å². The van der Waals surface area contributed by atoms with Gasteiger partial charge in [0.05, 0.1) is 11.5 Å². The van der Waals surface area contributed by atoms with Gasteiger partial charge in [0, 0.05) is 6.07 Å². The Morgan fingerprint density at radius 1 is 1.62 bits per heavy atom. The van der Waals surface area contributed by atoms with Crippen LogP contribution in [0.1, 0.15) is 11.3 Å². The van der Waals surface area contributed by atoms with E-state index in [9.17, 15) is 0 Å². The van der Waals surface area contributed by atoms with Crippen LogP contribution in [0.2, 0.25) is 0 Å². The van der Waals surface area contributed by atoms with E-state index in [1.54, 1.807) is 17.4 Å². The molecule has 2 aromatic rings. The van der Waals surface area contributed by atoms with Crippen LogP contribution in [-0.2, 0) is 6.61 Å². The van der Waals surface area contributed by atoms with E-state index >= 15 is 0 Å². The number of aliphatic hydroxyl groups excluding tert-OH is 1. The van der Waals surface area contributed by atoms with Crippen molar-refractivity contribution in [3.8, 4) is 10.6 Å². The maximum Gasteiger partial charge on any atom is 0.177 e. The highest BCUT2D eigenvalue weighted by Gasteiger charge is 2.09. The Bertz CT molecular complexity index is 405. The molecule has 0 radical (unpaired) electrons. The van der Waals surface area contributed by atoms with Crippen molar-refractivity contribution in [3.63, 3.8) is 0 Å². The van der Waals surface area contributed by atoms with Gasteiger partial charge < -0.3 is 9.63 Å². The van der Waals surface area contributed by atoms with Gasteiger partial charge >= 0.3 is 0 Å². The third kappa shape index (κ3) is 1.50. The van der Waals surface area contributed by atoms with Gasteiger partial charge in [-0.1, -0.05) is 5.16 Å². The van der Waals surface area contributed by atoms with Crippen LogP contribution in [0.15, 0.2) is 22.0 Å². The largest absolute Gasteiger partial charge is 0.390 e. The lowest BCUT2D eigenvalue weighted by Gasteiger charge is -1.89. The fourth-order valence-electron chi connectivity index (χ4n) is 1.12. The summed E-state index contributed by atoms with van der Waals surface area (Å²) < 4.78 is 5.08. The average molecular weight is 195 g/mol. The summed E-state index contributed by atoms with van der Waals surface area (Å²) in [5.41, 5.74) is 1.74. The number of rotatable bonds is 2. The van der Waals surface area contributed by atoms with Crippen molar-refractivity contribution in [1.82, 2.24) is 5.16 Å². The molecular formula is C9H9NO2S. The summed E-state index contributed by atoms with van der Waals surface area (Å²) in [7, 11) is 0. The molecule has 0 amide bonds. The molecule has 0 saturated heterocycles. The smallest absolute Gasteiger partial charge is 0.177 e. The summed E-state index contributed by atoms with van der Waals surface area (Å²) in [4.78, 5) is 1.08. The van der Waals surface area contributed by atoms with Crippen molar-refractivity contribution in [1.29, 1.82) is 0 Å². The highest BCUT2D eigenvalue weighted by Crippen LogP contribution is 2.29. The summed E-state index contributed by atoms with van der Waals surface area (Å²) in [5, 5.41) is 14.5. The fraction of sp³-hybridized carbons (Fsp3) is 0.222. The van der Waals surface area contributed by atoms with Crippen LogP contribution in [0, 0.1) is 6.92 Å². The number of hydrogen-bond acceptors (Lipinski definition) is 4. The lowest BCUT2D eigenvalue weighted by molar-refractivity contribution is 0.267. The fourth-order valence-corrected chi connectivity index (χ4v) is 1.99. The van der Waals surface area contributed by atoms with Gasteiger partial charge in [-0.25, -0.2) is 0 Å². The standard InChI is InChI=1S/C9H9NO2S/c1-6-2-3-13-9(6)8-4-7(5-11)10-12-8/h2-4,11H,5H2,1H3. The van der Waals surface area contributed by atoms with Gasteiger partial charge in [-0.2, -0.15) is 0 Å². The molecular weight excluding hydrogens is 186 g/mol. The molecule has 1 N–H and O–H groups in total. The molecule has 68 valence electrons. The summed E-state index contributed by atoms with van der Waals surface area (Å²) in [6.07, 6.45) is 0. The Kier molecular flexibility index (Phi) is 2.16. The molecule has 2 heterocycles. The average Bonchev–Trinajstić information content (AvgIpc) is 2.71. The second-order valence-electron chi connectivity index (χ2n) is 2.77. The van der Waals surface area contributed by atoms with Crippen molar-refractivity contribution in [2.24, 2.45) is 0 Å². The van der Waals surface area contributed by atoms with Crippen LogP contribution in [-0.4, -0.2) is 10.3 Å². The van der Waals surface area contributed by atoms with Gasteiger partial charge in [0.2, 0.25) is 0 Å². The van der Waals surface area contributed by atoms with Gasteiger partial charge in [-0.05, 0) is 23.9 Å². The van der Waals surface area contributed by atoms with Gasteiger partial charge in [-0.15, -0.1) is 11.3 Å². The molecule has 0 aromatic carbocycles. The van der Waals surface area contributed by atoms with Gasteiger partial charge in [0.15, 0.2) is 5.76 Å². The van der Waals surface area contributed by atoms with Crippen LogP contribution in [0.3, 0.4) is 0 Å². The van der Waals surface area contributed by atoms with Crippen molar-refractivity contribution >= 4 is 11.3 Å². The Morgan fingerprint density at radius 2 is 2.46 bits per heavy atom. The normalized spacial score (nSPS) is 10.6. The third-order valence-electron chi connectivity index (χ3n) is 1.81. The Morgan fingerprint density at radius 3 is 3.00 bits per heavy atom. The second-order valence-corrected chi connectivity index (χ2v) is 3.69. The van der Waals surface area contributed by atoms with Gasteiger partial charge in [0.1, 0.15) is 5.69 Å². The number of aliphatic hydroxyl groups is 1. The van der Waals surface area contributed by atoms with Crippen molar-refractivity contribution in [2.45, 2.75) is 13.5 Å². The van der Waals surface area contributed by atoms with Crippen LogP contribution >= 0.6 is 11.3 Å². The number of hydrogen-bond donors (Lipinski definition) is 1. The number of nitrogens with zero attached hydrogens (tertiary/aromatic N) is 1. The highest BCUT2D eigenvalue weighted by molar-refractivity contribution is 7.13. The molecule has 0 aliphatic heterocycles. The quantitative estimate of drug-likeness (QED) is 0.799. The number of aryl methyl sites for hydroxylation is 1. The Balaban J connectivity index is 2.41. The summed E-state index contributed by atoms with van der Waals surface area (Å²) in [6, 6.07) is 3.79. The minimum absolute atomic E-state index is 0.0755. The molecule has 13 heavy (non-hydrogen) atoms. The molecule has 3 nitrogen and oxygen atoms in total. The van der Waals surface area contributed by atoms with Gasteiger partial charge in [0.25, 0.3) is 0 Å². The Hall–Kier alpha value is -1.13. The minimum Gasteiger partial charge on any atom is -0.390 e. The third-order valence-corrected chi connectivity index (χ3v) is 2.84. The molecule has 0 aliphatic rings. The molecule has 2 aromatic heterocycles. The van der Waals surface area contributed by atoms with E-state index in [2.05, 4.69) is 5.16 Å². The van der Waals surface area contributed by atoms with Crippen LogP contribution in [0.5, 0.6) is 0 Å². The van der Waals surface area contributed by atoms with Crippen LogP contribution in [0.25, 0.3) is 10.6 Å². The predicted octanol–water partition coefficient (Wildman–Crippen LogP) is 2.20. The predicted molar refractivity (Wildman–Crippen MR) is 50.5 cm³/mol. The maximum absolute atomic E-state index is 8.80. The minimum atomic E-state index is -0.0755. The van der Waals surface area contributed by atoms with E-state index in [1.807, 2.05) is 18.4 Å². The topological polar surface area (TPSA) is 46.3 Å². The molecule has 0 unspecified atom stereocenters. The SMILES string of the molecule is Cc1ccsc1-c1cc(CO)no1. The van der Waals surface area contributed by atoms with E-state index in [1.165, 1.54) is 5.56 Å². The maximum atomic E-state index is 8.80. The second kappa shape index (κ2) is 3.32. The van der Waals surface area contributed by atoms with Crippen LogP contribution < -0.4 is 0 Å². The zero-order chi connectivity index (χ0) is 9.26. The molecule has 0 fully saturated rings. The monoisotopic (exact) mass is 195 g/mol. The Labute approximate surface area is 79.6 Å². The first-order valence-corrected chi connectivity index (χ1v) is 4.80. The summed E-state index contributed by atoms with van der Waals surface area (Å²) >= 11 is 1.61. The number of aromatic nitrogens is 1. The number of thiophene rings is 1. The first-order chi connectivity index (χ1) is 6.31. The zero-order valence-electron chi connectivity index (χ0n) is 7.15. The van der Waals surface area contributed by atoms with E-state index < -0.39 is 0 Å². The molecule has 4 heteroatoms. The first-order valence-electron chi connectivity index (χ1n) is 3.92. The van der Waals surface area contributed by atoms with Crippen molar-refractivity contribution in [3.05, 3.63) is 28.8 Å². The zero-order valence-corrected chi connectivity index (χ0v) is 7.97. The first kappa shape index (κ1) is 8.47. The van der Waals surface area contributed by atoms with Crippen LogP contribution in [0.4, 0.5) is 0 Å².